The smallest absolute Gasteiger partial charge is 0.406 e. The standard InChI is InChI=1S/C4H8N2O3/c1-3(7)5-2-6-4(8)9/h6H,2H2,1H3,(H,5,7)(H,8,9). The van der Waals surface area contributed by atoms with Crippen LogP contribution in [0.1, 0.15) is 6.92 Å². The quantitative estimate of drug-likeness (QED) is 0.437. The molecule has 0 aliphatic heterocycles. The maximum absolute atomic E-state index is 10.1. The summed E-state index contributed by atoms with van der Waals surface area (Å²) >= 11 is 0. The molecule has 0 heterocycles. The van der Waals surface area contributed by atoms with E-state index in [-0.39, 0.29) is 12.6 Å². The van der Waals surface area contributed by atoms with Crippen LogP contribution in [0, 0.1) is 0 Å². The molecule has 0 bridgehead atoms. The Kier molecular flexibility index (Phi) is 3.19. The maximum Gasteiger partial charge on any atom is 0.406 e. The highest BCUT2D eigenvalue weighted by Gasteiger charge is 1.91. The van der Waals surface area contributed by atoms with Crippen molar-refractivity contribution in [2.24, 2.45) is 0 Å². The van der Waals surface area contributed by atoms with E-state index in [0.29, 0.717) is 0 Å². The number of hydrogen-bond acceptors (Lipinski definition) is 2. The van der Waals surface area contributed by atoms with Crippen LogP contribution < -0.4 is 10.6 Å². The van der Waals surface area contributed by atoms with Crippen LogP contribution in [0.25, 0.3) is 0 Å². The first-order valence-electron chi connectivity index (χ1n) is 2.34. The van der Waals surface area contributed by atoms with E-state index >= 15 is 0 Å². The van der Waals surface area contributed by atoms with Gasteiger partial charge in [-0.1, -0.05) is 0 Å². The van der Waals surface area contributed by atoms with Crippen molar-refractivity contribution in [3.63, 3.8) is 0 Å². The highest BCUT2D eigenvalue weighted by atomic mass is 16.4. The highest BCUT2D eigenvalue weighted by molar-refractivity contribution is 5.73. The van der Waals surface area contributed by atoms with Crippen LogP contribution in [0.15, 0.2) is 0 Å². The summed E-state index contributed by atoms with van der Waals surface area (Å²) in [4.78, 5) is 19.8. The van der Waals surface area contributed by atoms with Crippen molar-refractivity contribution in [3.8, 4) is 0 Å². The number of rotatable bonds is 2. The summed E-state index contributed by atoms with van der Waals surface area (Å²) in [6.45, 7) is 1.27. The Hall–Kier alpha value is -1.26. The summed E-state index contributed by atoms with van der Waals surface area (Å²) in [5.74, 6) is -0.260. The zero-order valence-corrected chi connectivity index (χ0v) is 4.97. The Balaban J connectivity index is 3.10. The van der Waals surface area contributed by atoms with Gasteiger partial charge < -0.3 is 15.7 Å². The Morgan fingerprint density at radius 1 is 1.44 bits per heavy atom. The van der Waals surface area contributed by atoms with Crippen molar-refractivity contribution in [2.75, 3.05) is 6.67 Å². The lowest BCUT2D eigenvalue weighted by Gasteiger charge is -1.98. The van der Waals surface area contributed by atoms with E-state index in [1.165, 1.54) is 6.92 Å². The van der Waals surface area contributed by atoms with Gasteiger partial charge in [0.15, 0.2) is 0 Å². The van der Waals surface area contributed by atoms with E-state index in [1.807, 2.05) is 5.32 Å². The van der Waals surface area contributed by atoms with E-state index < -0.39 is 6.09 Å². The minimum atomic E-state index is -1.15. The number of carbonyl (C=O) groups excluding carboxylic acids is 1. The van der Waals surface area contributed by atoms with Crippen LogP contribution in [-0.2, 0) is 4.79 Å². The van der Waals surface area contributed by atoms with Crippen LogP contribution in [0.2, 0.25) is 0 Å². The van der Waals surface area contributed by atoms with Gasteiger partial charge >= 0.3 is 6.09 Å². The summed E-state index contributed by atoms with van der Waals surface area (Å²) < 4.78 is 0. The number of amides is 2. The molecule has 0 saturated carbocycles. The van der Waals surface area contributed by atoms with Gasteiger partial charge in [0.05, 0.1) is 6.67 Å². The molecule has 0 aromatic rings. The van der Waals surface area contributed by atoms with Crippen LogP contribution >= 0.6 is 0 Å². The number of nitrogens with one attached hydrogen (secondary N) is 2. The molecule has 0 fully saturated rings. The van der Waals surface area contributed by atoms with Crippen molar-refractivity contribution < 1.29 is 14.7 Å². The first kappa shape index (κ1) is 7.74. The van der Waals surface area contributed by atoms with Crippen LogP contribution in [-0.4, -0.2) is 23.8 Å². The summed E-state index contributed by atoms with van der Waals surface area (Å²) in [6, 6.07) is 0. The number of hydrogen-bond donors (Lipinski definition) is 3. The predicted octanol–water partition coefficient (Wildman–Crippen LogP) is -0.652. The molecule has 0 saturated heterocycles. The summed E-state index contributed by atoms with van der Waals surface area (Å²) in [7, 11) is 0. The topological polar surface area (TPSA) is 78.4 Å². The third-order valence-electron chi connectivity index (χ3n) is 0.577. The van der Waals surface area contributed by atoms with Gasteiger partial charge in [0.25, 0.3) is 0 Å². The van der Waals surface area contributed by atoms with Crippen LogP contribution in [0.3, 0.4) is 0 Å². The van der Waals surface area contributed by atoms with Crippen molar-refractivity contribution in [1.29, 1.82) is 0 Å². The average Bonchev–Trinajstić information content (AvgIpc) is 1.63. The lowest BCUT2D eigenvalue weighted by Crippen LogP contribution is -2.35. The maximum atomic E-state index is 10.1. The fraction of sp³-hybridized carbons (Fsp3) is 0.500. The lowest BCUT2D eigenvalue weighted by molar-refractivity contribution is -0.118. The Bertz CT molecular complexity index is 109. The van der Waals surface area contributed by atoms with Crippen molar-refractivity contribution >= 4 is 12.0 Å². The zero-order valence-electron chi connectivity index (χ0n) is 4.97. The van der Waals surface area contributed by atoms with Gasteiger partial charge in [-0.05, 0) is 0 Å². The van der Waals surface area contributed by atoms with Gasteiger partial charge in [0.1, 0.15) is 0 Å². The molecule has 2 amide bonds. The van der Waals surface area contributed by atoms with Gasteiger partial charge in [-0.25, -0.2) is 4.79 Å². The second-order valence-electron chi connectivity index (χ2n) is 1.39. The predicted molar refractivity (Wildman–Crippen MR) is 29.8 cm³/mol. The van der Waals surface area contributed by atoms with E-state index in [2.05, 4.69) is 5.32 Å². The molecule has 0 aromatic heterocycles. The largest absolute Gasteiger partial charge is 0.465 e. The fourth-order valence-corrected chi connectivity index (χ4v) is 0.244. The molecule has 9 heavy (non-hydrogen) atoms. The molecule has 0 unspecified atom stereocenters. The monoisotopic (exact) mass is 132 g/mol. The second-order valence-corrected chi connectivity index (χ2v) is 1.39. The van der Waals surface area contributed by atoms with E-state index in [9.17, 15) is 9.59 Å². The Labute approximate surface area is 52.1 Å². The normalized spacial score (nSPS) is 8.11. The second kappa shape index (κ2) is 3.71. The SMILES string of the molecule is CC(=O)NCNC(=O)O. The fourth-order valence-electron chi connectivity index (χ4n) is 0.244. The molecule has 0 atom stereocenters. The molecule has 3 N–H and O–H groups in total. The van der Waals surface area contributed by atoms with E-state index in [0.717, 1.165) is 0 Å². The lowest BCUT2D eigenvalue weighted by atomic mass is 10.7. The molecule has 52 valence electrons. The van der Waals surface area contributed by atoms with Crippen molar-refractivity contribution in [2.45, 2.75) is 6.92 Å². The molecule has 0 aliphatic carbocycles. The molecule has 0 spiro atoms. The van der Waals surface area contributed by atoms with Crippen molar-refractivity contribution in [1.82, 2.24) is 10.6 Å². The molecular formula is C4H8N2O3. The van der Waals surface area contributed by atoms with Gasteiger partial charge in [0.2, 0.25) is 5.91 Å². The van der Waals surface area contributed by atoms with Gasteiger partial charge in [-0.15, -0.1) is 0 Å². The Morgan fingerprint density at radius 2 is 2.00 bits per heavy atom. The third-order valence-corrected chi connectivity index (χ3v) is 0.577. The van der Waals surface area contributed by atoms with Gasteiger partial charge in [-0.2, -0.15) is 0 Å². The third kappa shape index (κ3) is 6.74. The zero-order chi connectivity index (χ0) is 7.28. The Morgan fingerprint density at radius 3 is 2.33 bits per heavy atom. The van der Waals surface area contributed by atoms with Crippen LogP contribution in [0.4, 0.5) is 4.79 Å². The summed E-state index contributed by atoms with van der Waals surface area (Å²) in [5.41, 5.74) is 0. The molecule has 0 rings (SSSR count). The summed E-state index contributed by atoms with van der Waals surface area (Å²) in [5, 5.41) is 12.2. The van der Waals surface area contributed by atoms with Gasteiger partial charge in [0, 0.05) is 6.92 Å². The highest BCUT2D eigenvalue weighted by Crippen LogP contribution is 1.58. The molecule has 5 heteroatoms. The molecule has 0 aliphatic rings. The minimum Gasteiger partial charge on any atom is -0.465 e. The average molecular weight is 132 g/mol. The number of carbonyl (C=O) groups is 2. The summed E-state index contributed by atoms with van der Waals surface area (Å²) in [6.07, 6.45) is -1.15. The van der Waals surface area contributed by atoms with Gasteiger partial charge in [-0.3, -0.25) is 4.79 Å². The van der Waals surface area contributed by atoms with Crippen LogP contribution in [0.5, 0.6) is 0 Å². The first-order chi connectivity index (χ1) is 4.13. The van der Waals surface area contributed by atoms with Crippen molar-refractivity contribution in [3.05, 3.63) is 0 Å². The number of carboxylic acid groups (broad SMARTS) is 1. The molecule has 0 radical (unpaired) electrons. The van der Waals surface area contributed by atoms with E-state index in [4.69, 9.17) is 5.11 Å². The molecule has 0 aromatic carbocycles. The molecule has 5 nitrogen and oxygen atoms in total. The molecular weight excluding hydrogens is 124 g/mol. The minimum absolute atomic E-state index is 0.0370. The van der Waals surface area contributed by atoms with E-state index in [1.54, 1.807) is 0 Å². The first-order valence-corrected chi connectivity index (χ1v) is 2.34.